The average molecular weight is 360 g/mol. The molecule has 2 aromatic rings. The van der Waals surface area contributed by atoms with Crippen LogP contribution in [0.2, 0.25) is 0 Å². The van der Waals surface area contributed by atoms with Crippen LogP contribution in [-0.2, 0) is 10.2 Å². The van der Waals surface area contributed by atoms with Gasteiger partial charge in [0.15, 0.2) is 0 Å². The molecule has 0 bridgehead atoms. The Morgan fingerprint density at radius 2 is 1.68 bits per heavy atom. The third-order valence-corrected chi connectivity index (χ3v) is 4.95. The van der Waals surface area contributed by atoms with E-state index in [1.165, 1.54) is 16.9 Å². The third kappa shape index (κ3) is 4.88. The smallest absolute Gasteiger partial charge is 0.231 e. The van der Waals surface area contributed by atoms with Crippen molar-refractivity contribution >= 4 is 22.4 Å². The number of aromatic nitrogens is 2. The van der Waals surface area contributed by atoms with Crippen LogP contribution in [0.3, 0.4) is 0 Å². The maximum Gasteiger partial charge on any atom is 0.231 e. The fourth-order valence-corrected chi connectivity index (χ4v) is 3.36. The van der Waals surface area contributed by atoms with Crippen LogP contribution < -0.4 is 4.90 Å². The highest BCUT2D eigenvalue weighted by Crippen LogP contribution is 2.31. The molecule has 0 N–H and O–H groups in total. The summed E-state index contributed by atoms with van der Waals surface area (Å²) in [5.74, 6) is 0.415. The average Bonchev–Trinajstić information content (AvgIpc) is 3.00. The van der Waals surface area contributed by atoms with E-state index in [0.29, 0.717) is 17.6 Å². The first kappa shape index (κ1) is 19.6. The number of amides is 1. The van der Waals surface area contributed by atoms with E-state index in [-0.39, 0.29) is 17.2 Å². The first-order valence-corrected chi connectivity index (χ1v) is 9.67. The third-order valence-electron chi connectivity index (χ3n) is 3.95. The molecule has 0 spiro atoms. The first-order valence-electron chi connectivity index (χ1n) is 8.85. The van der Waals surface area contributed by atoms with Crippen molar-refractivity contribution in [1.29, 1.82) is 0 Å². The number of rotatable bonds is 5. The number of anilines is 1. The Morgan fingerprint density at radius 3 is 2.16 bits per heavy atom. The van der Waals surface area contributed by atoms with Gasteiger partial charge in [0.25, 0.3) is 0 Å². The molecule has 1 aromatic heterocycles. The van der Waals surface area contributed by atoms with Crippen LogP contribution in [0.25, 0.3) is 10.6 Å². The minimum Gasteiger partial charge on any atom is -0.286 e. The van der Waals surface area contributed by atoms with E-state index in [1.807, 2.05) is 13.8 Å². The van der Waals surface area contributed by atoms with E-state index in [4.69, 9.17) is 0 Å². The minimum atomic E-state index is -0.0582. The van der Waals surface area contributed by atoms with E-state index in [9.17, 15) is 4.79 Å². The molecule has 1 heterocycles. The van der Waals surface area contributed by atoms with Crippen molar-refractivity contribution in [3.8, 4) is 10.6 Å². The molecule has 1 aromatic carbocycles. The number of benzene rings is 1. The van der Waals surface area contributed by atoms with Crippen LogP contribution in [-0.4, -0.2) is 22.6 Å². The summed E-state index contributed by atoms with van der Waals surface area (Å²) in [6.45, 7) is 15.3. The summed E-state index contributed by atoms with van der Waals surface area (Å²) in [5, 5.41) is 10.1. The monoisotopic (exact) mass is 359 g/mol. The van der Waals surface area contributed by atoms with Crippen LogP contribution in [0.1, 0.15) is 54.0 Å². The Labute approximate surface area is 155 Å². The second-order valence-corrected chi connectivity index (χ2v) is 9.17. The zero-order valence-corrected chi connectivity index (χ0v) is 17.1. The topological polar surface area (TPSA) is 46.1 Å². The van der Waals surface area contributed by atoms with Crippen molar-refractivity contribution in [3.05, 3.63) is 29.8 Å². The molecule has 25 heavy (non-hydrogen) atoms. The zero-order valence-electron chi connectivity index (χ0n) is 16.3. The number of hydrogen-bond acceptors (Lipinski definition) is 4. The summed E-state index contributed by atoms with van der Waals surface area (Å²) in [6.07, 6.45) is 0. The Bertz CT molecular complexity index is 711. The number of hydrogen-bond donors (Lipinski definition) is 0. The van der Waals surface area contributed by atoms with Gasteiger partial charge in [-0.25, -0.2) is 0 Å². The molecule has 0 aliphatic rings. The van der Waals surface area contributed by atoms with Crippen molar-refractivity contribution in [2.24, 2.45) is 11.8 Å². The van der Waals surface area contributed by atoms with Gasteiger partial charge in [-0.05, 0) is 16.9 Å². The summed E-state index contributed by atoms with van der Waals surface area (Å²) >= 11 is 1.48. The van der Waals surface area contributed by atoms with Gasteiger partial charge in [-0.15, -0.1) is 10.2 Å². The van der Waals surface area contributed by atoms with E-state index >= 15 is 0 Å². The number of carbonyl (C=O) groups excluding carboxylic acids is 1. The van der Waals surface area contributed by atoms with E-state index < -0.39 is 0 Å². The molecule has 0 saturated carbocycles. The molecule has 5 heteroatoms. The van der Waals surface area contributed by atoms with Gasteiger partial charge in [0.2, 0.25) is 11.0 Å². The van der Waals surface area contributed by atoms with Crippen molar-refractivity contribution in [3.63, 3.8) is 0 Å². The normalized spacial score (nSPS) is 12.0. The van der Waals surface area contributed by atoms with Gasteiger partial charge in [-0.3, -0.25) is 9.69 Å². The lowest BCUT2D eigenvalue weighted by Crippen LogP contribution is -2.37. The lowest BCUT2D eigenvalue weighted by atomic mass is 9.87. The fraction of sp³-hybridized carbons (Fsp3) is 0.550. The Morgan fingerprint density at radius 1 is 1.08 bits per heavy atom. The maximum atomic E-state index is 12.5. The van der Waals surface area contributed by atoms with Crippen LogP contribution >= 0.6 is 11.3 Å². The van der Waals surface area contributed by atoms with Gasteiger partial charge in [0.05, 0.1) is 0 Å². The fourth-order valence-electron chi connectivity index (χ4n) is 2.49. The quantitative estimate of drug-likeness (QED) is 0.742. The summed E-state index contributed by atoms with van der Waals surface area (Å²) in [7, 11) is 0. The van der Waals surface area contributed by atoms with E-state index in [0.717, 1.165) is 10.6 Å². The SMILES string of the molecule is CC(C)CN(C(=O)C(C)C)c1nnc(-c2ccc(C(C)(C)C)cc2)s1. The molecule has 1 amide bonds. The van der Waals surface area contributed by atoms with Crippen LogP contribution in [0.5, 0.6) is 0 Å². The molecule has 0 radical (unpaired) electrons. The predicted molar refractivity (Wildman–Crippen MR) is 106 cm³/mol. The van der Waals surface area contributed by atoms with E-state index in [1.54, 1.807) is 4.90 Å². The van der Waals surface area contributed by atoms with Gasteiger partial charge >= 0.3 is 0 Å². The molecule has 4 nitrogen and oxygen atoms in total. The highest BCUT2D eigenvalue weighted by molar-refractivity contribution is 7.18. The highest BCUT2D eigenvalue weighted by Gasteiger charge is 2.23. The van der Waals surface area contributed by atoms with Crippen LogP contribution in [0.4, 0.5) is 5.13 Å². The second kappa shape index (κ2) is 7.65. The lowest BCUT2D eigenvalue weighted by Gasteiger charge is -2.23. The molecule has 2 rings (SSSR count). The lowest BCUT2D eigenvalue weighted by molar-refractivity contribution is -0.121. The Balaban J connectivity index is 2.29. The number of nitrogens with zero attached hydrogens (tertiary/aromatic N) is 3. The minimum absolute atomic E-state index is 0.0582. The van der Waals surface area contributed by atoms with Gasteiger partial charge in [-0.2, -0.15) is 0 Å². The Kier molecular flexibility index (Phi) is 5.99. The summed E-state index contributed by atoms with van der Waals surface area (Å²) < 4.78 is 0. The highest BCUT2D eigenvalue weighted by atomic mass is 32.1. The van der Waals surface area contributed by atoms with Crippen molar-refractivity contribution < 1.29 is 4.79 Å². The molecule has 0 atom stereocenters. The molecular weight excluding hydrogens is 330 g/mol. The molecule has 0 unspecified atom stereocenters. The number of carbonyl (C=O) groups is 1. The summed E-state index contributed by atoms with van der Waals surface area (Å²) in [6, 6.07) is 8.45. The zero-order chi connectivity index (χ0) is 18.8. The van der Waals surface area contributed by atoms with Crippen LogP contribution in [0.15, 0.2) is 24.3 Å². The molecule has 136 valence electrons. The summed E-state index contributed by atoms with van der Waals surface area (Å²) in [4.78, 5) is 14.3. The molecule has 0 saturated heterocycles. The predicted octanol–water partition coefficient (Wildman–Crippen LogP) is 5.15. The van der Waals surface area contributed by atoms with Crippen molar-refractivity contribution in [2.75, 3.05) is 11.4 Å². The standard InChI is InChI=1S/C20H29N3OS/c1-13(2)12-23(18(24)14(3)4)19-22-21-17(25-19)15-8-10-16(11-9-15)20(5,6)7/h8-11,13-14H,12H2,1-7H3. The van der Waals surface area contributed by atoms with Gasteiger partial charge in [-0.1, -0.05) is 84.1 Å². The molecular formula is C20H29N3OS. The first-order chi connectivity index (χ1) is 11.6. The molecule has 0 aliphatic heterocycles. The van der Waals surface area contributed by atoms with Gasteiger partial charge in [0.1, 0.15) is 5.01 Å². The van der Waals surface area contributed by atoms with Gasteiger partial charge in [0, 0.05) is 18.0 Å². The summed E-state index contributed by atoms with van der Waals surface area (Å²) in [5.41, 5.74) is 2.46. The van der Waals surface area contributed by atoms with Crippen molar-refractivity contribution in [2.45, 2.75) is 53.9 Å². The second-order valence-electron chi connectivity index (χ2n) is 8.21. The largest absolute Gasteiger partial charge is 0.286 e. The van der Waals surface area contributed by atoms with Crippen LogP contribution in [0, 0.1) is 11.8 Å². The van der Waals surface area contributed by atoms with Crippen molar-refractivity contribution in [1.82, 2.24) is 10.2 Å². The van der Waals surface area contributed by atoms with E-state index in [2.05, 4.69) is 69.1 Å². The molecule has 0 fully saturated rings. The Hall–Kier alpha value is -1.75. The van der Waals surface area contributed by atoms with Gasteiger partial charge < -0.3 is 0 Å². The maximum absolute atomic E-state index is 12.5. The molecule has 0 aliphatic carbocycles.